The van der Waals surface area contributed by atoms with Crippen LogP contribution in [0.25, 0.3) is 0 Å². The molecule has 1 N–H and O–H groups in total. The molecule has 0 unspecified atom stereocenters. The van der Waals surface area contributed by atoms with Crippen molar-refractivity contribution in [2.24, 2.45) is 0 Å². The van der Waals surface area contributed by atoms with Crippen molar-refractivity contribution in [2.75, 3.05) is 12.5 Å². The largest absolute Gasteiger partial charge is 0.389 e. The second-order valence-corrected chi connectivity index (χ2v) is 9.05. The first-order valence-corrected chi connectivity index (χ1v) is 7.37. The van der Waals surface area contributed by atoms with E-state index in [0.29, 0.717) is 6.42 Å². The first kappa shape index (κ1) is 12.1. The van der Waals surface area contributed by atoms with Gasteiger partial charge in [-0.1, -0.05) is 32.9 Å². The van der Waals surface area contributed by atoms with Crippen LogP contribution >= 0.6 is 10.3 Å². The lowest BCUT2D eigenvalue weighted by molar-refractivity contribution is 0.174. The van der Waals surface area contributed by atoms with Crippen LogP contribution in [0, 0.1) is 0 Å². The van der Waals surface area contributed by atoms with Crippen LogP contribution in [0.3, 0.4) is 0 Å². The summed E-state index contributed by atoms with van der Waals surface area (Å²) in [6, 6.07) is 0. The van der Waals surface area contributed by atoms with E-state index >= 15 is 0 Å². The molecule has 2 nitrogen and oxygen atoms in total. The topological polar surface area (TPSA) is 29.5 Å². The lowest BCUT2D eigenvalue weighted by Gasteiger charge is -2.45. The molecule has 0 heterocycles. The summed E-state index contributed by atoms with van der Waals surface area (Å²) < 4.78 is 6.26. The van der Waals surface area contributed by atoms with E-state index in [1.54, 1.807) is 0 Å². The molecular weight excluding hydrogens is 196 g/mol. The Kier molecular flexibility index (Phi) is 3.34. The predicted octanol–water partition coefficient (Wildman–Crippen LogP) is 2.47. The molecule has 1 rings (SSSR count). The maximum Gasteiger partial charge on any atom is 0.0910 e. The summed E-state index contributed by atoms with van der Waals surface area (Å²) in [5, 5.41) is 9.34. The first-order chi connectivity index (χ1) is 6.22. The quantitative estimate of drug-likeness (QED) is 0.722. The molecule has 0 spiro atoms. The standard InChI is InChI=1S/C11H22O2S/c1-11(2,3)14(4,5)13-10-7-6-9(12)8-10/h6-7,9-10,12H,8H2,1-5H3/t9-,10-/m0/s1. The summed E-state index contributed by atoms with van der Waals surface area (Å²) in [4.78, 5) is 0. The van der Waals surface area contributed by atoms with Gasteiger partial charge in [-0.3, -0.25) is 0 Å². The van der Waals surface area contributed by atoms with E-state index in [4.69, 9.17) is 4.18 Å². The average Bonchev–Trinajstić information content (AvgIpc) is 2.31. The van der Waals surface area contributed by atoms with Crippen molar-refractivity contribution in [2.45, 2.75) is 44.1 Å². The van der Waals surface area contributed by atoms with Crippen molar-refractivity contribution in [3.05, 3.63) is 12.2 Å². The Labute approximate surface area is 88.9 Å². The number of aliphatic hydroxyl groups excluding tert-OH is 1. The Morgan fingerprint density at radius 3 is 2.21 bits per heavy atom. The molecule has 1 aliphatic rings. The highest BCUT2D eigenvalue weighted by atomic mass is 32.3. The highest BCUT2D eigenvalue weighted by molar-refractivity contribution is 8.29. The zero-order valence-electron chi connectivity index (χ0n) is 9.78. The van der Waals surface area contributed by atoms with Gasteiger partial charge in [-0.2, -0.15) is 0 Å². The van der Waals surface area contributed by atoms with E-state index in [1.165, 1.54) is 0 Å². The molecule has 84 valence electrons. The molecule has 0 fully saturated rings. The Morgan fingerprint density at radius 2 is 1.86 bits per heavy atom. The van der Waals surface area contributed by atoms with Gasteiger partial charge < -0.3 is 9.29 Å². The van der Waals surface area contributed by atoms with Crippen molar-refractivity contribution in [3.8, 4) is 0 Å². The second kappa shape index (κ2) is 3.87. The van der Waals surface area contributed by atoms with Gasteiger partial charge >= 0.3 is 0 Å². The zero-order valence-corrected chi connectivity index (χ0v) is 10.6. The molecular formula is C11H22O2S. The fourth-order valence-electron chi connectivity index (χ4n) is 1.17. The van der Waals surface area contributed by atoms with Crippen LogP contribution in [0.2, 0.25) is 0 Å². The molecule has 0 aromatic heterocycles. The lowest BCUT2D eigenvalue weighted by atomic mass is 10.3. The zero-order chi connectivity index (χ0) is 11.0. The first-order valence-electron chi connectivity index (χ1n) is 5.00. The van der Waals surface area contributed by atoms with Crippen molar-refractivity contribution >= 4 is 10.3 Å². The van der Waals surface area contributed by atoms with E-state index in [2.05, 4.69) is 33.3 Å². The van der Waals surface area contributed by atoms with Crippen LogP contribution < -0.4 is 0 Å². The van der Waals surface area contributed by atoms with E-state index in [1.807, 2.05) is 12.2 Å². The summed E-state index contributed by atoms with van der Waals surface area (Å²) in [6.45, 7) is 6.62. The Bertz CT molecular complexity index is 228. The predicted molar refractivity (Wildman–Crippen MR) is 63.8 cm³/mol. The molecule has 14 heavy (non-hydrogen) atoms. The van der Waals surface area contributed by atoms with Gasteiger partial charge in [-0.25, -0.2) is 0 Å². The molecule has 0 amide bonds. The van der Waals surface area contributed by atoms with Gasteiger partial charge in [0.1, 0.15) is 0 Å². The minimum absolute atomic E-state index is 0.106. The molecule has 0 saturated carbocycles. The van der Waals surface area contributed by atoms with Crippen molar-refractivity contribution in [3.63, 3.8) is 0 Å². The molecule has 2 atom stereocenters. The van der Waals surface area contributed by atoms with Gasteiger partial charge in [0.2, 0.25) is 0 Å². The summed E-state index contributed by atoms with van der Waals surface area (Å²) in [5.74, 6) is 0. The third kappa shape index (κ3) is 2.75. The van der Waals surface area contributed by atoms with Crippen molar-refractivity contribution < 1.29 is 9.29 Å². The summed E-state index contributed by atoms with van der Waals surface area (Å²) in [7, 11) is -1.07. The molecule has 3 heteroatoms. The number of aliphatic hydroxyl groups is 1. The molecule has 1 aliphatic carbocycles. The maximum atomic E-state index is 9.34. The van der Waals surface area contributed by atoms with Crippen LogP contribution in [0.4, 0.5) is 0 Å². The third-order valence-electron chi connectivity index (χ3n) is 2.86. The van der Waals surface area contributed by atoms with Gasteiger partial charge in [-0.05, 0) is 12.5 Å². The minimum atomic E-state index is -1.07. The van der Waals surface area contributed by atoms with Gasteiger partial charge in [0.25, 0.3) is 0 Å². The SMILES string of the molecule is CC(C)(C)S(C)(C)O[C@H]1C=C[C@H](O)C1. The van der Waals surface area contributed by atoms with Gasteiger partial charge in [0.15, 0.2) is 0 Å². The second-order valence-electron chi connectivity index (χ2n) is 5.17. The Morgan fingerprint density at radius 1 is 1.29 bits per heavy atom. The monoisotopic (exact) mass is 218 g/mol. The van der Waals surface area contributed by atoms with Crippen molar-refractivity contribution in [1.29, 1.82) is 0 Å². The van der Waals surface area contributed by atoms with E-state index in [0.717, 1.165) is 0 Å². The Hall–Kier alpha value is 0.01000. The number of rotatable bonds is 2. The van der Waals surface area contributed by atoms with Crippen LogP contribution in [-0.4, -0.2) is 34.6 Å². The van der Waals surface area contributed by atoms with Gasteiger partial charge in [-0.15, -0.1) is 10.3 Å². The van der Waals surface area contributed by atoms with Gasteiger partial charge in [0.05, 0.1) is 12.2 Å². The summed E-state index contributed by atoms with van der Waals surface area (Å²) >= 11 is 0. The highest BCUT2D eigenvalue weighted by Gasteiger charge is 2.32. The normalized spacial score (nSPS) is 29.6. The average molecular weight is 218 g/mol. The number of hydrogen-bond donors (Lipinski definition) is 1. The van der Waals surface area contributed by atoms with E-state index in [9.17, 15) is 5.11 Å². The molecule has 0 aliphatic heterocycles. The lowest BCUT2D eigenvalue weighted by Crippen LogP contribution is -2.28. The fraction of sp³-hybridized carbons (Fsp3) is 0.818. The number of hydrogen-bond acceptors (Lipinski definition) is 2. The van der Waals surface area contributed by atoms with Crippen molar-refractivity contribution in [1.82, 2.24) is 0 Å². The highest BCUT2D eigenvalue weighted by Crippen LogP contribution is 2.55. The van der Waals surface area contributed by atoms with Gasteiger partial charge in [0, 0.05) is 11.2 Å². The minimum Gasteiger partial charge on any atom is -0.389 e. The molecule has 0 aromatic rings. The van der Waals surface area contributed by atoms with E-state index < -0.39 is 10.3 Å². The smallest absolute Gasteiger partial charge is 0.0910 e. The van der Waals surface area contributed by atoms with Crippen LogP contribution in [0.1, 0.15) is 27.2 Å². The fourth-order valence-corrected chi connectivity index (χ4v) is 2.22. The Balaban J connectivity index is 2.56. The summed E-state index contributed by atoms with van der Waals surface area (Å²) in [6.07, 6.45) is 8.68. The summed E-state index contributed by atoms with van der Waals surface area (Å²) in [5.41, 5.74) is 0. The molecule has 0 radical (unpaired) electrons. The van der Waals surface area contributed by atoms with Crippen LogP contribution in [0.15, 0.2) is 12.2 Å². The molecule has 0 bridgehead atoms. The van der Waals surface area contributed by atoms with E-state index in [-0.39, 0.29) is 17.0 Å². The van der Waals surface area contributed by atoms with Crippen LogP contribution in [0.5, 0.6) is 0 Å². The molecule has 0 aromatic carbocycles. The van der Waals surface area contributed by atoms with Crippen LogP contribution in [-0.2, 0) is 4.18 Å². The molecule has 0 saturated heterocycles. The third-order valence-corrected chi connectivity index (χ3v) is 6.54. The maximum absolute atomic E-state index is 9.34.